The summed E-state index contributed by atoms with van der Waals surface area (Å²) in [7, 11) is 0.843. The first-order valence-corrected chi connectivity index (χ1v) is 13.7. The van der Waals surface area contributed by atoms with Gasteiger partial charge in [0, 0.05) is 0 Å². The molecule has 0 radical (unpaired) electrons. The SMILES string of the molecule is CC(C)=CCC/C(C)=C/CC/C(C)=C/C[N+](C)(C)CCCCCCCCCS(=O)(=O)O. The summed E-state index contributed by atoms with van der Waals surface area (Å²) < 4.78 is 31.1. The minimum atomic E-state index is -3.78. The molecular weight excluding hydrogens is 406 g/mol. The monoisotopic (exact) mass is 456 g/mol. The van der Waals surface area contributed by atoms with E-state index in [1.165, 1.54) is 48.9 Å². The van der Waals surface area contributed by atoms with Crippen LogP contribution in [0.15, 0.2) is 34.9 Å². The van der Waals surface area contributed by atoms with Crippen LogP contribution >= 0.6 is 0 Å². The van der Waals surface area contributed by atoms with Crippen LogP contribution in [0.2, 0.25) is 0 Å². The number of allylic oxidation sites excluding steroid dienone is 5. The highest BCUT2D eigenvalue weighted by Gasteiger charge is 2.12. The molecular formula is C26H50NO3S+. The van der Waals surface area contributed by atoms with Crippen LogP contribution in [0, 0.1) is 0 Å². The molecule has 182 valence electrons. The van der Waals surface area contributed by atoms with Crippen LogP contribution in [0.5, 0.6) is 0 Å². The van der Waals surface area contributed by atoms with Crippen molar-refractivity contribution >= 4 is 10.1 Å². The van der Waals surface area contributed by atoms with Crippen molar-refractivity contribution in [3.05, 3.63) is 34.9 Å². The second kappa shape index (κ2) is 16.7. The maximum absolute atomic E-state index is 10.7. The number of hydrogen-bond acceptors (Lipinski definition) is 2. The lowest BCUT2D eigenvalue weighted by Crippen LogP contribution is -2.40. The fraction of sp³-hybridized carbons (Fsp3) is 0.769. The van der Waals surface area contributed by atoms with Crippen LogP contribution in [-0.4, -0.2) is 50.4 Å². The Labute approximate surface area is 193 Å². The van der Waals surface area contributed by atoms with Gasteiger partial charge in [0.25, 0.3) is 10.1 Å². The summed E-state index contributed by atoms with van der Waals surface area (Å²) in [6.45, 7) is 11.1. The summed E-state index contributed by atoms with van der Waals surface area (Å²) in [6.07, 6.45) is 19.1. The molecule has 5 heteroatoms. The van der Waals surface area contributed by atoms with Gasteiger partial charge in [-0.25, -0.2) is 0 Å². The molecule has 0 atom stereocenters. The molecule has 4 nitrogen and oxygen atoms in total. The van der Waals surface area contributed by atoms with Crippen LogP contribution in [0.4, 0.5) is 0 Å². The molecule has 0 unspecified atom stereocenters. The van der Waals surface area contributed by atoms with Gasteiger partial charge in [-0.15, -0.1) is 0 Å². The van der Waals surface area contributed by atoms with E-state index in [1.54, 1.807) is 0 Å². The zero-order chi connectivity index (χ0) is 23.8. The quantitative estimate of drug-likeness (QED) is 0.104. The Balaban J connectivity index is 3.91. The molecule has 0 fully saturated rings. The van der Waals surface area contributed by atoms with Crippen molar-refractivity contribution in [1.82, 2.24) is 0 Å². The van der Waals surface area contributed by atoms with Crippen molar-refractivity contribution in [2.24, 2.45) is 0 Å². The molecule has 0 saturated carbocycles. The third-order valence-electron chi connectivity index (χ3n) is 5.72. The smallest absolute Gasteiger partial charge is 0.264 e. The van der Waals surface area contributed by atoms with Crippen molar-refractivity contribution in [3.63, 3.8) is 0 Å². The summed E-state index contributed by atoms with van der Waals surface area (Å²) in [5.41, 5.74) is 4.39. The molecule has 0 heterocycles. The summed E-state index contributed by atoms with van der Waals surface area (Å²) in [6, 6.07) is 0. The second-order valence-corrected chi connectivity index (χ2v) is 11.6. The van der Waals surface area contributed by atoms with Gasteiger partial charge in [0.1, 0.15) is 0 Å². The highest BCUT2D eigenvalue weighted by atomic mass is 32.2. The van der Waals surface area contributed by atoms with E-state index in [1.807, 2.05) is 0 Å². The largest absolute Gasteiger partial charge is 0.325 e. The Morgan fingerprint density at radius 2 is 1.23 bits per heavy atom. The highest BCUT2D eigenvalue weighted by molar-refractivity contribution is 7.85. The van der Waals surface area contributed by atoms with Crippen molar-refractivity contribution in [2.45, 2.75) is 98.3 Å². The standard InChI is InChI=1S/C26H49NO3S/c1-24(2)16-14-17-25(3)18-15-19-26(4)20-22-27(5,6)21-12-10-8-7-9-11-13-23-31(28,29)30/h16,18,20H,7-15,17,19,21-23H2,1-6H3/p+1/b25-18+,26-20+. The van der Waals surface area contributed by atoms with Crippen LogP contribution < -0.4 is 0 Å². The van der Waals surface area contributed by atoms with Gasteiger partial charge in [-0.1, -0.05) is 54.6 Å². The molecule has 0 aromatic carbocycles. The van der Waals surface area contributed by atoms with E-state index < -0.39 is 10.1 Å². The third-order valence-corrected chi connectivity index (χ3v) is 6.53. The van der Waals surface area contributed by atoms with Crippen LogP contribution in [0.25, 0.3) is 0 Å². The number of nitrogens with zero attached hydrogens (tertiary/aromatic N) is 1. The number of unbranched alkanes of at least 4 members (excludes halogenated alkanes) is 6. The van der Waals surface area contributed by atoms with E-state index in [0.717, 1.165) is 49.6 Å². The Bertz CT molecular complexity index is 669. The third kappa shape index (κ3) is 22.1. The predicted molar refractivity (Wildman–Crippen MR) is 136 cm³/mol. The van der Waals surface area contributed by atoms with E-state index in [9.17, 15) is 8.42 Å². The first kappa shape index (κ1) is 30.1. The van der Waals surface area contributed by atoms with Crippen molar-refractivity contribution in [3.8, 4) is 0 Å². The molecule has 0 rings (SSSR count). The summed E-state index contributed by atoms with van der Waals surface area (Å²) in [4.78, 5) is 0. The maximum Gasteiger partial charge on any atom is 0.264 e. The predicted octanol–water partition coefficient (Wildman–Crippen LogP) is 7.10. The summed E-state index contributed by atoms with van der Waals surface area (Å²) in [5, 5.41) is 0. The molecule has 0 spiro atoms. The van der Waals surface area contributed by atoms with Gasteiger partial charge in [-0.3, -0.25) is 4.55 Å². The van der Waals surface area contributed by atoms with Gasteiger partial charge < -0.3 is 4.48 Å². The second-order valence-electron chi connectivity index (χ2n) is 10.1. The van der Waals surface area contributed by atoms with Crippen LogP contribution in [-0.2, 0) is 10.1 Å². The lowest BCUT2D eigenvalue weighted by Gasteiger charge is -2.28. The minimum Gasteiger partial charge on any atom is -0.325 e. The van der Waals surface area contributed by atoms with Gasteiger partial charge >= 0.3 is 0 Å². The topological polar surface area (TPSA) is 54.4 Å². The molecule has 0 aliphatic carbocycles. The first-order chi connectivity index (χ1) is 14.4. The highest BCUT2D eigenvalue weighted by Crippen LogP contribution is 2.13. The van der Waals surface area contributed by atoms with E-state index >= 15 is 0 Å². The zero-order valence-corrected chi connectivity index (χ0v) is 22.1. The van der Waals surface area contributed by atoms with E-state index in [-0.39, 0.29) is 5.75 Å². The van der Waals surface area contributed by atoms with Gasteiger partial charge in [-0.05, 0) is 78.7 Å². The Kier molecular flexibility index (Phi) is 16.2. The fourth-order valence-corrected chi connectivity index (χ4v) is 4.11. The Morgan fingerprint density at radius 1 is 0.742 bits per heavy atom. The van der Waals surface area contributed by atoms with Crippen LogP contribution in [0.1, 0.15) is 98.3 Å². The normalized spacial score (nSPS) is 13.5. The van der Waals surface area contributed by atoms with Crippen LogP contribution in [0.3, 0.4) is 0 Å². The summed E-state index contributed by atoms with van der Waals surface area (Å²) >= 11 is 0. The lowest BCUT2D eigenvalue weighted by molar-refractivity contribution is -0.884. The Hall–Kier alpha value is -0.910. The Morgan fingerprint density at radius 3 is 1.77 bits per heavy atom. The van der Waals surface area contributed by atoms with E-state index in [4.69, 9.17) is 4.55 Å². The lowest BCUT2D eigenvalue weighted by atomic mass is 10.1. The van der Waals surface area contributed by atoms with Gasteiger partial charge in [0.15, 0.2) is 0 Å². The first-order valence-electron chi connectivity index (χ1n) is 12.1. The van der Waals surface area contributed by atoms with E-state index in [0.29, 0.717) is 6.42 Å². The number of hydrogen-bond donors (Lipinski definition) is 1. The average Bonchev–Trinajstić information content (AvgIpc) is 2.64. The van der Waals surface area contributed by atoms with Gasteiger partial charge in [0.05, 0.1) is 32.9 Å². The molecule has 1 N–H and O–H groups in total. The average molecular weight is 457 g/mol. The number of quaternary nitrogens is 1. The molecule has 0 aromatic heterocycles. The van der Waals surface area contributed by atoms with Crippen molar-refractivity contribution in [1.29, 1.82) is 0 Å². The molecule has 0 bridgehead atoms. The van der Waals surface area contributed by atoms with Gasteiger partial charge in [-0.2, -0.15) is 8.42 Å². The zero-order valence-electron chi connectivity index (χ0n) is 21.3. The van der Waals surface area contributed by atoms with Gasteiger partial charge in [0.2, 0.25) is 0 Å². The summed E-state index contributed by atoms with van der Waals surface area (Å²) in [5.74, 6) is -0.0994. The molecule has 0 saturated heterocycles. The molecule has 0 amide bonds. The minimum absolute atomic E-state index is 0.0994. The maximum atomic E-state index is 10.7. The molecule has 0 aliphatic rings. The van der Waals surface area contributed by atoms with Crippen molar-refractivity contribution in [2.75, 3.05) is 32.9 Å². The molecule has 31 heavy (non-hydrogen) atoms. The number of rotatable bonds is 18. The van der Waals surface area contributed by atoms with E-state index in [2.05, 4.69) is 60.0 Å². The van der Waals surface area contributed by atoms with Crippen molar-refractivity contribution < 1.29 is 17.5 Å². The molecule has 0 aliphatic heterocycles. The fourth-order valence-electron chi connectivity index (χ4n) is 3.54. The number of likely N-dealkylation sites (N-methyl/N-ethyl adjacent to an activating group) is 1. The molecule has 0 aromatic rings.